The van der Waals surface area contributed by atoms with Crippen LogP contribution in [0.4, 0.5) is 0 Å². The number of aryl methyl sites for hydroxylation is 1. The van der Waals surface area contributed by atoms with Gasteiger partial charge in [-0.2, -0.15) is 0 Å². The first-order valence-corrected chi connectivity index (χ1v) is 4.90. The number of esters is 1. The van der Waals surface area contributed by atoms with Crippen molar-refractivity contribution in [2.24, 2.45) is 0 Å². The molecule has 0 bridgehead atoms. The maximum Gasteiger partial charge on any atom is 0.333 e. The van der Waals surface area contributed by atoms with Gasteiger partial charge in [0.1, 0.15) is 6.61 Å². The summed E-state index contributed by atoms with van der Waals surface area (Å²) in [7, 11) is 0. The fourth-order valence-electron chi connectivity index (χ4n) is 1.37. The number of ether oxygens (including phenoxy) is 1. The van der Waals surface area contributed by atoms with Crippen molar-refractivity contribution in [3.8, 4) is 0 Å². The predicted octanol–water partition coefficient (Wildman–Crippen LogP) is 1.17. The fourth-order valence-corrected chi connectivity index (χ4v) is 1.37. The molecule has 0 radical (unpaired) electrons. The molecule has 1 aromatic carbocycles. The van der Waals surface area contributed by atoms with Crippen LogP contribution in [0.5, 0.6) is 0 Å². The Morgan fingerprint density at radius 3 is 2.56 bits per heavy atom. The van der Waals surface area contributed by atoms with Gasteiger partial charge in [0.25, 0.3) is 5.91 Å². The van der Waals surface area contributed by atoms with Crippen molar-refractivity contribution in [1.29, 1.82) is 0 Å². The second-order valence-electron chi connectivity index (χ2n) is 3.60. The van der Waals surface area contributed by atoms with Crippen LogP contribution < -0.4 is 5.32 Å². The molecule has 0 saturated heterocycles. The summed E-state index contributed by atoms with van der Waals surface area (Å²) in [6, 6.07) is 7.20. The zero-order valence-electron chi connectivity index (χ0n) is 8.82. The van der Waals surface area contributed by atoms with E-state index in [4.69, 9.17) is 0 Å². The molecule has 0 spiro atoms. The van der Waals surface area contributed by atoms with Crippen molar-refractivity contribution < 1.29 is 14.3 Å². The van der Waals surface area contributed by atoms with Gasteiger partial charge in [-0.25, -0.2) is 4.79 Å². The van der Waals surface area contributed by atoms with Gasteiger partial charge in [0, 0.05) is 11.6 Å². The SMILES string of the molecule is Cc1ccc(C(=O)NC2=CC(=O)OC2)cc1. The minimum atomic E-state index is -0.417. The first-order chi connectivity index (χ1) is 7.65. The quantitative estimate of drug-likeness (QED) is 0.756. The average molecular weight is 217 g/mol. The fraction of sp³-hybridized carbons (Fsp3) is 0.167. The molecule has 1 aliphatic rings. The third-order valence-corrected chi connectivity index (χ3v) is 2.25. The van der Waals surface area contributed by atoms with Crippen LogP contribution in [0.2, 0.25) is 0 Å². The number of carbonyl (C=O) groups is 2. The molecule has 4 nitrogen and oxygen atoms in total. The Bertz CT molecular complexity index is 460. The van der Waals surface area contributed by atoms with Gasteiger partial charge in [-0.3, -0.25) is 4.79 Å². The number of carbonyl (C=O) groups excluding carboxylic acids is 2. The molecule has 0 atom stereocenters. The van der Waals surface area contributed by atoms with Crippen molar-refractivity contribution in [3.05, 3.63) is 47.2 Å². The molecule has 1 aromatic rings. The molecule has 1 aliphatic heterocycles. The minimum absolute atomic E-state index is 0.135. The first kappa shape index (κ1) is 10.4. The summed E-state index contributed by atoms with van der Waals surface area (Å²) in [5.41, 5.74) is 2.15. The maximum absolute atomic E-state index is 11.7. The lowest BCUT2D eigenvalue weighted by Crippen LogP contribution is -2.23. The Morgan fingerprint density at radius 2 is 2.00 bits per heavy atom. The minimum Gasteiger partial charge on any atom is -0.456 e. The highest BCUT2D eigenvalue weighted by atomic mass is 16.5. The molecule has 1 amide bonds. The van der Waals surface area contributed by atoms with Gasteiger partial charge in [0.2, 0.25) is 0 Å². The molecule has 16 heavy (non-hydrogen) atoms. The number of hydrogen-bond acceptors (Lipinski definition) is 3. The zero-order valence-corrected chi connectivity index (χ0v) is 8.82. The van der Waals surface area contributed by atoms with Crippen LogP contribution in [-0.2, 0) is 9.53 Å². The summed E-state index contributed by atoms with van der Waals surface area (Å²) >= 11 is 0. The molecule has 1 heterocycles. The molecule has 2 rings (SSSR count). The Balaban J connectivity index is 2.06. The normalized spacial score (nSPS) is 14.3. The van der Waals surface area contributed by atoms with Gasteiger partial charge in [-0.05, 0) is 19.1 Å². The Kier molecular flexibility index (Phi) is 2.72. The summed E-state index contributed by atoms with van der Waals surface area (Å²) < 4.78 is 4.68. The van der Waals surface area contributed by atoms with Crippen molar-refractivity contribution in [2.75, 3.05) is 6.61 Å². The van der Waals surface area contributed by atoms with Crippen LogP contribution in [0.25, 0.3) is 0 Å². The van der Waals surface area contributed by atoms with Gasteiger partial charge in [-0.1, -0.05) is 17.7 Å². The third kappa shape index (κ3) is 2.28. The van der Waals surface area contributed by atoms with Gasteiger partial charge in [-0.15, -0.1) is 0 Å². The van der Waals surface area contributed by atoms with Crippen molar-refractivity contribution in [3.63, 3.8) is 0 Å². The molecule has 0 aliphatic carbocycles. The number of nitrogens with one attached hydrogen (secondary N) is 1. The van der Waals surface area contributed by atoms with Crippen molar-refractivity contribution in [1.82, 2.24) is 5.32 Å². The molecule has 0 aromatic heterocycles. The molecule has 82 valence electrons. The third-order valence-electron chi connectivity index (χ3n) is 2.25. The molecule has 0 saturated carbocycles. The Morgan fingerprint density at radius 1 is 1.31 bits per heavy atom. The Labute approximate surface area is 92.9 Å². The van der Waals surface area contributed by atoms with E-state index in [2.05, 4.69) is 10.1 Å². The smallest absolute Gasteiger partial charge is 0.333 e. The van der Waals surface area contributed by atoms with Crippen LogP contribution in [0.1, 0.15) is 15.9 Å². The van der Waals surface area contributed by atoms with E-state index in [0.717, 1.165) is 5.56 Å². The highest BCUT2D eigenvalue weighted by Crippen LogP contribution is 2.06. The number of amides is 1. The zero-order chi connectivity index (χ0) is 11.5. The van der Waals surface area contributed by atoms with E-state index in [0.29, 0.717) is 11.3 Å². The summed E-state index contributed by atoms with van der Waals surface area (Å²) in [5, 5.41) is 2.62. The lowest BCUT2D eigenvalue weighted by molar-refractivity contribution is -0.134. The van der Waals surface area contributed by atoms with Crippen LogP contribution >= 0.6 is 0 Å². The average Bonchev–Trinajstić information content (AvgIpc) is 2.65. The Hall–Kier alpha value is -2.10. The van der Waals surface area contributed by atoms with E-state index < -0.39 is 5.97 Å². The lowest BCUT2D eigenvalue weighted by atomic mass is 10.1. The van der Waals surface area contributed by atoms with Crippen LogP contribution in [0.15, 0.2) is 36.0 Å². The van der Waals surface area contributed by atoms with Gasteiger partial charge in [0.05, 0.1) is 5.70 Å². The van der Waals surface area contributed by atoms with Gasteiger partial charge < -0.3 is 10.1 Å². The molecule has 0 fully saturated rings. The van der Waals surface area contributed by atoms with Crippen LogP contribution in [0.3, 0.4) is 0 Å². The second kappa shape index (κ2) is 4.18. The monoisotopic (exact) mass is 217 g/mol. The molecular formula is C12H11NO3. The summed E-state index contributed by atoms with van der Waals surface area (Å²) in [4.78, 5) is 22.5. The van der Waals surface area contributed by atoms with E-state index in [1.54, 1.807) is 12.1 Å². The topological polar surface area (TPSA) is 55.4 Å². The predicted molar refractivity (Wildman–Crippen MR) is 57.7 cm³/mol. The standard InChI is InChI=1S/C12H11NO3/c1-8-2-4-9(5-3-8)12(15)13-10-6-11(14)16-7-10/h2-6H,7H2,1H3,(H,13,15). The molecule has 4 heteroatoms. The summed E-state index contributed by atoms with van der Waals surface area (Å²) in [6.07, 6.45) is 1.28. The number of hydrogen-bond donors (Lipinski definition) is 1. The second-order valence-corrected chi connectivity index (χ2v) is 3.60. The van der Waals surface area contributed by atoms with Gasteiger partial charge in [0.15, 0.2) is 0 Å². The highest BCUT2D eigenvalue weighted by Gasteiger charge is 2.15. The number of cyclic esters (lactones) is 1. The van der Waals surface area contributed by atoms with E-state index in [-0.39, 0.29) is 12.5 Å². The molecular weight excluding hydrogens is 206 g/mol. The maximum atomic E-state index is 11.7. The summed E-state index contributed by atoms with van der Waals surface area (Å²) in [6.45, 7) is 2.09. The molecule has 0 unspecified atom stereocenters. The van der Waals surface area contributed by atoms with E-state index in [1.807, 2.05) is 19.1 Å². The van der Waals surface area contributed by atoms with E-state index >= 15 is 0 Å². The number of rotatable bonds is 2. The number of benzene rings is 1. The largest absolute Gasteiger partial charge is 0.456 e. The van der Waals surface area contributed by atoms with Crippen molar-refractivity contribution in [2.45, 2.75) is 6.92 Å². The van der Waals surface area contributed by atoms with E-state index in [9.17, 15) is 9.59 Å². The van der Waals surface area contributed by atoms with Gasteiger partial charge >= 0.3 is 5.97 Å². The van der Waals surface area contributed by atoms with Crippen molar-refractivity contribution >= 4 is 11.9 Å². The molecule has 1 N–H and O–H groups in total. The first-order valence-electron chi connectivity index (χ1n) is 4.90. The highest BCUT2D eigenvalue weighted by molar-refractivity contribution is 5.96. The summed E-state index contributed by atoms with van der Waals surface area (Å²) in [5.74, 6) is -0.649. The van der Waals surface area contributed by atoms with E-state index in [1.165, 1.54) is 6.08 Å². The van der Waals surface area contributed by atoms with Crippen LogP contribution in [-0.4, -0.2) is 18.5 Å². The van der Waals surface area contributed by atoms with Crippen LogP contribution in [0, 0.1) is 6.92 Å². The lowest BCUT2D eigenvalue weighted by Gasteiger charge is -2.04.